The van der Waals surface area contributed by atoms with Gasteiger partial charge in [0.1, 0.15) is 11.5 Å². The third kappa shape index (κ3) is 4.79. The van der Waals surface area contributed by atoms with Gasteiger partial charge in [0.05, 0.1) is 21.3 Å². The molecule has 2 aromatic rings. The number of rotatable bonds is 8. The minimum Gasteiger partial charge on any atom is -0.497 e. The smallest absolute Gasteiger partial charge is 0.265 e. The van der Waals surface area contributed by atoms with Gasteiger partial charge in [-0.05, 0) is 42.8 Å². The normalized spacial score (nSPS) is 11.4. The second kappa shape index (κ2) is 8.82. The maximum Gasteiger partial charge on any atom is 0.265 e. The van der Waals surface area contributed by atoms with Crippen LogP contribution in [0.3, 0.4) is 0 Å². The fourth-order valence-corrected chi connectivity index (χ4v) is 2.28. The van der Waals surface area contributed by atoms with Gasteiger partial charge in [0, 0.05) is 11.8 Å². The van der Waals surface area contributed by atoms with Crippen molar-refractivity contribution in [2.45, 2.75) is 19.4 Å². The van der Waals surface area contributed by atoms with E-state index in [0.717, 1.165) is 5.75 Å². The molecule has 0 aliphatic heterocycles. The van der Waals surface area contributed by atoms with Gasteiger partial charge in [-0.15, -0.1) is 0 Å². The molecule has 0 aliphatic rings. The summed E-state index contributed by atoms with van der Waals surface area (Å²) in [5, 5.41) is 2.84. The SMILES string of the molecule is CC[C@H](Oc1ccc(OC)cc1)C(=O)Nc1ccc(OC)c(OC)c1. The first-order chi connectivity index (χ1) is 12.1. The summed E-state index contributed by atoms with van der Waals surface area (Å²) in [7, 11) is 4.71. The minimum absolute atomic E-state index is 0.231. The summed E-state index contributed by atoms with van der Waals surface area (Å²) in [5.41, 5.74) is 0.611. The van der Waals surface area contributed by atoms with Crippen molar-refractivity contribution < 1.29 is 23.7 Å². The average molecular weight is 345 g/mol. The Balaban J connectivity index is 2.06. The van der Waals surface area contributed by atoms with E-state index in [1.165, 1.54) is 0 Å². The molecule has 0 saturated heterocycles. The summed E-state index contributed by atoms with van der Waals surface area (Å²) in [6.07, 6.45) is -0.0768. The van der Waals surface area contributed by atoms with Gasteiger partial charge < -0.3 is 24.3 Å². The summed E-state index contributed by atoms with van der Waals surface area (Å²) in [6.45, 7) is 1.89. The number of hydrogen-bond donors (Lipinski definition) is 1. The molecule has 0 aromatic heterocycles. The van der Waals surface area contributed by atoms with Crippen LogP contribution in [0.15, 0.2) is 42.5 Å². The topological polar surface area (TPSA) is 66.0 Å². The Morgan fingerprint density at radius 2 is 1.56 bits per heavy atom. The van der Waals surface area contributed by atoms with Crippen LogP contribution in [0.2, 0.25) is 0 Å². The largest absolute Gasteiger partial charge is 0.497 e. The fraction of sp³-hybridized carbons (Fsp3) is 0.316. The van der Waals surface area contributed by atoms with Crippen molar-refractivity contribution in [3.8, 4) is 23.0 Å². The molecule has 1 atom stereocenters. The van der Waals surface area contributed by atoms with Gasteiger partial charge in [-0.1, -0.05) is 6.92 Å². The lowest BCUT2D eigenvalue weighted by atomic mass is 10.2. The van der Waals surface area contributed by atoms with E-state index in [9.17, 15) is 4.79 Å². The van der Waals surface area contributed by atoms with E-state index in [4.69, 9.17) is 18.9 Å². The second-order valence-corrected chi connectivity index (χ2v) is 5.25. The molecule has 1 amide bonds. The van der Waals surface area contributed by atoms with Gasteiger partial charge in [0.2, 0.25) is 0 Å². The van der Waals surface area contributed by atoms with E-state index in [0.29, 0.717) is 29.4 Å². The molecule has 0 spiro atoms. The Labute approximate surface area is 147 Å². The lowest BCUT2D eigenvalue weighted by molar-refractivity contribution is -0.122. The first-order valence-corrected chi connectivity index (χ1v) is 7.94. The third-order valence-electron chi connectivity index (χ3n) is 3.65. The van der Waals surface area contributed by atoms with Gasteiger partial charge in [-0.25, -0.2) is 0 Å². The Morgan fingerprint density at radius 3 is 2.12 bits per heavy atom. The molecule has 25 heavy (non-hydrogen) atoms. The molecule has 0 heterocycles. The van der Waals surface area contributed by atoms with Crippen LogP contribution < -0.4 is 24.3 Å². The number of amides is 1. The van der Waals surface area contributed by atoms with Crippen molar-refractivity contribution in [1.82, 2.24) is 0 Å². The number of carbonyl (C=O) groups excluding carboxylic acids is 1. The van der Waals surface area contributed by atoms with Crippen LogP contribution in [0, 0.1) is 0 Å². The number of carbonyl (C=O) groups is 1. The first kappa shape index (κ1) is 18.4. The second-order valence-electron chi connectivity index (χ2n) is 5.25. The van der Waals surface area contributed by atoms with Crippen LogP contribution in [0.5, 0.6) is 23.0 Å². The zero-order valence-electron chi connectivity index (χ0n) is 14.9. The van der Waals surface area contributed by atoms with Gasteiger partial charge in [-0.3, -0.25) is 4.79 Å². The number of nitrogens with one attached hydrogen (secondary N) is 1. The Kier molecular flexibility index (Phi) is 6.51. The van der Waals surface area contributed by atoms with Gasteiger partial charge in [0.15, 0.2) is 17.6 Å². The van der Waals surface area contributed by atoms with E-state index in [-0.39, 0.29) is 5.91 Å². The standard InChI is InChI=1S/C19H23NO5/c1-5-16(25-15-9-7-14(22-2)8-10-15)19(21)20-13-6-11-17(23-3)18(12-13)24-4/h6-12,16H,5H2,1-4H3,(H,20,21)/t16-/m0/s1. The summed E-state index contributed by atoms with van der Waals surface area (Å²) < 4.78 is 21.3. The van der Waals surface area contributed by atoms with Crippen LogP contribution >= 0.6 is 0 Å². The molecule has 0 fully saturated rings. The van der Waals surface area contributed by atoms with Crippen LogP contribution in [0.4, 0.5) is 5.69 Å². The van der Waals surface area contributed by atoms with Gasteiger partial charge in [-0.2, -0.15) is 0 Å². The predicted molar refractivity (Wildman–Crippen MR) is 95.9 cm³/mol. The van der Waals surface area contributed by atoms with Gasteiger partial charge in [0.25, 0.3) is 5.91 Å². The molecule has 0 aliphatic carbocycles. The predicted octanol–water partition coefficient (Wildman–Crippen LogP) is 3.51. The van der Waals surface area contributed by atoms with Crippen molar-refractivity contribution >= 4 is 11.6 Å². The number of anilines is 1. The summed E-state index contributed by atoms with van der Waals surface area (Å²) in [4.78, 5) is 12.5. The lowest BCUT2D eigenvalue weighted by Crippen LogP contribution is -2.32. The average Bonchev–Trinajstić information content (AvgIpc) is 2.66. The van der Waals surface area contributed by atoms with E-state index in [2.05, 4.69) is 5.32 Å². The van der Waals surface area contributed by atoms with Crippen LogP contribution in [-0.2, 0) is 4.79 Å². The van der Waals surface area contributed by atoms with Crippen molar-refractivity contribution in [2.24, 2.45) is 0 Å². The van der Waals surface area contributed by atoms with E-state index >= 15 is 0 Å². The van der Waals surface area contributed by atoms with Crippen LogP contribution in [-0.4, -0.2) is 33.3 Å². The van der Waals surface area contributed by atoms with Crippen molar-refractivity contribution in [2.75, 3.05) is 26.6 Å². The van der Waals surface area contributed by atoms with Crippen LogP contribution in [0.25, 0.3) is 0 Å². The highest BCUT2D eigenvalue weighted by atomic mass is 16.5. The first-order valence-electron chi connectivity index (χ1n) is 7.94. The molecular weight excluding hydrogens is 322 g/mol. The summed E-state index contributed by atoms with van der Waals surface area (Å²) in [6, 6.07) is 12.3. The van der Waals surface area contributed by atoms with E-state index in [1.54, 1.807) is 63.8 Å². The van der Waals surface area contributed by atoms with Crippen molar-refractivity contribution in [3.05, 3.63) is 42.5 Å². The molecule has 0 saturated carbocycles. The molecule has 6 heteroatoms. The van der Waals surface area contributed by atoms with Gasteiger partial charge >= 0.3 is 0 Å². The van der Waals surface area contributed by atoms with Crippen LogP contribution in [0.1, 0.15) is 13.3 Å². The molecule has 0 bridgehead atoms. The highest BCUT2D eigenvalue weighted by molar-refractivity contribution is 5.94. The Morgan fingerprint density at radius 1 is 0.920 bits per heavy atom. The molecule has 6 nitrogen and oxygen atoms in total. The summed E-state index contributed by atoms with van der Waals surface area (Å²) >= 11 is 0. The molecule has 0 unspecified atom stereocenters. The monoisotopic (exact) mass is 345 g/mol. The summed E-state index contributed by atoms with van der Waals surface area (Å²) in [5.74, 6) is 2.25. The van der Waals surface area contributed by atoms with Crippen molar-refractivity contribution in [1.29, 1.82) is 0 Å². The molecule has 2 rings (SSSR count). The quantitative estimate of drug-likeness (QED) is 0.793. The zero-order chi connectivity index (χ0) is 18.2. The van der Waals surface area contributed by atoms with E-state index < -0.39 is 6.10 Å². The van der Waals surface area contributed by atoms with E-state index in [1.807, 2.05) is 6.92 Å². The fourth-order valence-electron chi connectivity index (χ4n) is 2.28. The Bertz CT molecular complexity index is 699. The third-order valence-corrected chi connectivity index (χ3v) is 3.65. The zero-order valence-corrected chi connectivity index (χ0v) is 14.9. The number of hydrogen-bond acceptors (Lipinski definition) is 5. The number of benzene rings is 2. The maximum absolute atomic E-state index is 12.5. The lowest BCUT2D eigenvalue weighted by Gasteiger charge is -2.18. The maximum atomic E-state index is 12.5. The molecule has 0 radical (unpaired) electrons. The molecule has 2 aromatic carbocycles. The number of ether oxygens (including phenoxy) is 4. The molecular formula is C19H23NO5. The highest BCUT2D eigenvalue weighted by Crippen LogP contribution is 2.30. The van der Waals surface area contributed by atoms with Crippen molar-refractivity contribution in [3.63, 3.8) is 0 Å². The minimum atomic E-state index is -0.610. The highest BCUT2D eigenvalue weighted by Gasteiger charge is 2.19. The Hall–Kier alpha value is -2.89. The molecule has 1 N–H and O–H groups in total. The molecule has 134 valence electrons. The number of methoxy groups -OCH3 is 3.